The van der Waals surface area contributed by atoms with Crippen molar-refractivity contribution in [1.29, 1.82) is 0 Å². The van der Waals surface area contributed by atoms with Gasteiger partial charge in [-0.3, -0.25) is 14.4 Å². The maximum absolute atomic E-state index is 12.8. The van der Waals surface area contributed by atoms with Crippen molar-refractivity contribution < 1.29 is 28.6 Å². The van der Waals surface area contributed by atoms with Crippen molar-refractivity contribution in [2.45, 2.75) is 284 Å². The molecule has 6 heteroatoms. The van der Waals surface area contributed by atoms with Crippen LogP contribution in [0, 0.1) is 0 Å². The number of rotatable bonds is 46. The number of hydrogen-bond acceptors (Lipinski definition) is 6. The first-order valence-corrected chi connectivity index (χ1v) is 25.2. The second kappa shape index (κ2) is 46.8. The van der Waals surface area contributed by atoms with Crippen LogP contribution < -0.4 is 0 Å². The van der Waals surface area contributed by atoms with E-state index in [0.717, 1.165) is 57.8 Å². The standard InChI is InChI=1S/C51H96O6/c1-4-7-10-13-16-19-22-25-26-27-30-33-36-39-42-45-51(54)57-48(46-55-49(52)43-40-37-34-31-28-23-20-17-14-11-8-5-2)47-56-50(53)44-41-38-35-32-29-24-21-18-15-12-9-6-3/h19,22,48H,4-18,20-21,23-47H2,1-3H3/b22-19-. The highest BCUT2D eigenvalue weighted by atomic mass is 16.6. The van der Waals surface area contributed by atoms with E-state index >= 15 is 0 Å². The van der Waals surface area contributed by atoms with Crippen molar-refractivity contribution in [2.75, 3.05) is 13.2 Å². The van der Waals surface area contributed by atoms with Gasteiger partial charge in [0, 0.05) is 19.3 Å². The monoisotopic (exact) mass is 805 g/mol. The van der Waals surface area contributed by atoms with Crippen molar-refractivity contribution in [1.82, 2.24) is 0 Å². The lowest BCUT2D eigenvalue weighted by molar-refractivity contribution is -0.167. The van der Waals surface area contributed by atoms with Crippen molar-refractivity contribution in [3.63, 3.8) is 0 Å². The normalized spacial score (nSPS) is 11.5. The minimum Gasteiger partial charge on any atom is -0.462 e. The Morgan fingerprint density at radius 2 is 0.579 bits per heavy atom. The maximum atomic E-state index is 12.8. The topological polar surface area (TPSA) is 78.9 Å². The summed E-state index contributed by atoms with van der Waals surface area (Å²) in [4.78, 5) is 37.9. The van der Waals surface area contributed by atoms with Crippen LogP contribution in [0.25, 0.3) is 0 Å². The van der Waals surface area contributed by atoms with Crippen molar-refractivity contribution in [3.8, 4) is 0 Å². The molecule has 0 atom stereocenters. The predicted molar refractivity (Wildman–Crippen MR) is 243 cm³/mol. The Morgan fingerprint density at radius 3 is 0.895 bits per heavy atom. The van der Waals surface area contributed by atoms with E-state index in [1.807, 2.05) is 0 Å². The Labute approximate surface area is 354 Å². The number of carbonyl (C=O) groups excluding carboxylic acids is 3. The summed E-state index contributed by atoms with van der Waals surface area (Å²) in [5.41, 5.74) is 0. The molecule has 0 unspecified atom stereocenters. The molecule has 336 valence electrons. The fraction of sp³-hybridized carbons (Fsp3) is 0.902. The number of allylic oxidation sites excluding steroid dienone is 2. The summed E-state index contributed by atoms with van der Waals surface area (Å²) in [6.07, 6.45) is 50.4. The van der Waals surface area contributed by atoms with E-state index in [1.165, 1.54) is 180 Å². The smallest absolute Gasteiger partial charge is 0.306 e. The zero-order chi connectivity index (χ0) is 41.5. The van der Waals surface area contributed by atoms with Crippen LogP contribution in [-0.4, -0.2) is 37.2 Å². The summed E-state index contributed by atoms with van der Waals surface area (Å²) in [5.74, 6) is -0.857. The van der Waals surface area contributed by atoms with Gasteiger partial charge in [0.05, 0.1) is 0 Å². The van der Waals surface area contributed by atoms with Gasteiger partial charge in [-0.2, -0.15) is 0 Å². The second-order valence-electron chi connectivity index (χ2n) is 17.1. The lowest BCUT2D eigenvalue weighted by atomic mass is 10.0. The van der Waals surface area contributed by atoms with E-state index in [9.17, 15) is 14.4 Å². The van der Waals surface area contributed by atoms with E-state index in [1.54, 1.807) is 0 Å². The SMILES string of the molecule is CCCCCC/C=C\CCCCCCCCCC(=O)OC(COC(=O)CCCCCCCCCCCCCC)COC(=O)CCCCCCCCCCCCCC. The van der Waals surface area contributed by atoms with Gasteiger partial charge in [0.15, 0.2) is 6.10 Å². The summed E-state index contributed by atoms with van der Waals surface area (Å²) in [7, 11) is 0. The summed E-state index contributed by atoms with van der Waals surface area (Å²) in [5, 5.41) is 0. The largest absolute Gasteiger partial charge is 0.462 e. The van der Waals surface area contributed by atoms with Gasteiger partial charge in [-0.1, -0.05) is 226 Å². The Hall–Kier alpha value is -1.85. The molecule has 0 heterocycles. The molecule has 6 nitrogen and oxygen atoms in total. The second-order valence-corrected chi connectivity index (χ2v) is 17.1. The van der Waals surface area contributed by atoms with E-state index in [0.29, 0.717) is 19.3 Å². The average Bonchev–Trinajstić information content (AvgIpc) is 3.21. The van der Waals surface area contributed by atoms with Gasteiger partial charge in [0.25, 0.3) is 0 Å². The Bertz CT molecular complexity index is 841. The maximum Gasteiger partial charge on any atom is 0.306 e. The number of ether oxygens (including phenoxy) is 3. The molecule has 0 spiro atoms. The van der Waals surface area contributed by atoms with Gasteiger partial charge >= 0.3 is 17.9 Å². The number of hydrogen-bond donors (Lipinski definition) is 0. The molecule has 0 radical (unpaired) electrons. The molecule has 0 aromatic carbocycles. The van der Waals surface area contributed by atoms with E-state index in [4.69, 9.17) is 14.2 Å². The summed E-state index contributed by atoms with van der Waals surface area (Å²) >= 11 is 0. The predicted octanol–water partition coefficient (Wildman–Crippen LogP) is 16.2. The molecule has 0 N–H and O–H groups in total. The summed E-state index contributed by atoms with van der Waals surface area (Å²) < 4.78 is 16.8. The van der Waals surface area contributed by atoms with Crippen LogP contribution in [0.4, 0.5) is 0 Å². The first kappa shape index (κ1) is 55.2. The Balaban J connectivity index is 4.33. The van der Waals surface area contributed by atoms with Gasteiger partial charge < -0.3 is 14.2 Å². The van der Waals surface area contributed by atoms with Crippen molar-refractivity contribution in [3.05, 3.63) is 12.2 Å². The van der Waals surface area contributed by atoms with Crippen LogP contribution in [0.1, 0.15) is 278 Å². The number of esters is 3. The van der Waals surface area contributed by atoms with Crippen molar-refractivity contribution >= 4 is 17.9 Å². The molecular weight excluding hydrogens is 709 g/mol. The highest BCUT2D eigenvalue weighted by Gasteiger charge is 2.19. The third kappa shape index (κ3) is 45.1. The Kier molecular flexibility index (Phi) is 45.3. The number of unbranched alkanes of at least 4 members (excludes halogenated alkanes) is 33. The lowest BCUT2D eigenvalue weighted by Crippen LogP contribution is -2.30. The zero-order valence-corrected chi connectivity index (χ0v) is 38.4. The van der Waals surface area contributed by atoms with Crippen molar-refractivity contribution in [2.24, 2.45) is 0 Å². The van der Waals surface area contributed by atoms with E-state index in [-0.39, 0.29) is 31.1 Å². The first-order chi connectivity index (χ1) is 28.0. The fourth-order valence-corrected chi connectivity index (χ4v) is 7.44. The highest BCUT2D eigenvalue weighted by molar-refractivity contribution is 5.71. The zero-order valence-electron chi connectivity index (χ0n) is 38.4. The molecule has 0 aliphatic rings. The third-order valence-electron chi connectivity index (χ3n) is 11.3. The molecule has 0 saturated carbocycles. The van der Waals surface area contributed by atoms with Crippen LogP contribution in [-0.2, 0) is 28.6 Å². The van der Waals surface area contributed by atoms with Crippen LogP contribution in [0.2, 0.25) is 0 Å². The van der Waals surface area contributed by atoms with Gasteiger partial charge in [0.1, 0.15) is 13.2 Å². The number of carbonyl (C=O) groups is 3. The van der Waals surface area contributed by atoms with Gasteiger partial charge in [0.2, 0.25) is 0 Å². The first-order valence-electron chi connectivity index (χ1n) is 25.2. The molecule has 0 fully saturated rings. The Morgan fingerprint density at radius 1 is 0.333 bits per heavy atom. The van der Waals surface area contributed by atoms with E-state index < -0.39 is 6.10 Å². The fourth-order valence-electron chi connectivity index (χ4n) is 7.44. The molecule has 0 aliphatic carbocycles. The van der Waals surface area contributed by atoms with Gasteiger partial charge in [-0.05, 0) is 44.9 Å². The molecule has 0 amide bonds. The molecule has 0 aromatic rings. The van der Waals surface area contributed by atoms with Crippen LogP contribution in [0.15, 0.2) is 12.2 Å². The molecule has 0 aromatic heterocycles. The lowest BCUT2D eigenvalue weighted by Gasteiger charge is -2.18. The summed E-state index contributed by atoms with van der Waals surface area (Å²) in [6, 6.07) is 0. The third-order valence-corrected chi connectivity index (χ3v) is 11.3. The summed E-state index contributed by atoms with van der Waals surface area (Å²) in [6.45, 7) is 6.64. The molecule has 0 rings (SSSR count). The minimum absolute atomic E-state index is 0.0667. The molecule has 0 bridgehead atoms. The molecule has 0 aliphatic heterocycles. The minimum atomic E-state index is -0.764. The molecular formula is C51H96O6. The van der Waals surface area contributed by atoms with Crippen LogP contribution in [0.5, 0.6) is 0 Å². The molecule has 57 heavy (non-hydrogen) atoms. The highest BCUT2D eigenvalue weighted by Crippen LogP contribution is 2.16. The van der Waals surface area contributed by atoms with E-state index in [2.05, 4.69) is 32.9 Å². The van der Waals surface area contributed by atoms with Crippen LogP contribution in [0.3, 0.4) is 0 Å². The van der Waals surface area contributed by atoms with Crippen LogP contribution >= 0.6 is 0 Å². The van der Waals surface area contributed by atoms with Gasteiger partial charge in [-0.15, -0.1) is 0 Å². The average molecular weight is 805 g/mol. The molecule has 0 saturated heterocycles. The quantitative estimate of drug-likeness (QED) is 0.0264. The van der Waals surface area contributed by atoms with Gasteiger partial charge in [-0.25, -0.2) is 0 Å².